The van der Waals surface area contributed by atoms with Gasteiger partial charge < -0.3 is 10.3 Å². The molecule has 0 radical (unpaired) electrons. The van der Waals surface area contributed by atoms with Crippen LogP contribution >= 0.6 is 0 Å². The minimum absolute atomic E-state index is 0.756. The highest BCUT2D eigenvalue weighted by Crippen LogP contribution is 2.23. The molecule has 0 spiro atoms. The summed E-state index contributed by atoms with van der Waals surface area (Å²) in [5, 5.41) is 0. The number of para-hydroxylation sites is 1. The Morgan fingerprint density at radius 3 is 2.60 bits per heavy atom. The van der Waals surface area contributed by atoms with E-state index < -0.39 is 0 Å². The average Bonchev–Trinajstić information content (AvgIpc) is 2.81. The Hall–Kier alpha value is -2.29. The van der Waals surface area contributed by atoms with Crippen LogP contribution in [-0.2, 0) is 13.0 Å². The van der Waals surface area contributed by atoms with E-state index in [2.05, 4.69) is 41.8 Å². The standard InChI is InChI=1S/C17H19N3/c1-2-7-16-19-17-14(18)10-6-11-15(17)20(16)12-13-8-4-3-5-9-13/h3-6,8-11H,2,7,12,18H2,1H3. The van der Waals surface area contributed by atoms with Crippen LogP contribution in [0.3, 0.4) is 0 Å². The Labute approximate surface area is 119 Å². The summed E-state index contributed by atoms with van der Waals surface area (Å²) in [4.78, 5) is 4.74. The number of benzene rings is 2. The van der Waals surface area contributed by atoms with E-state index in [4.69, 9.17) is 10.7 Å². The van der Waals surface area contributed by atoms with Gasteiger partial charge in [0.15, 0.2) is 0 Å². The van der Waals surface area contributed by atoms with Crippen molar-refractivity contribution in [2.75, 3.05) is 5.73 Å². The van der Waals surface area contributed by atoms with E-state index >= 15 is 0 Å². The summed E-state index contributed by atoms with van der Waals surface area (Å²) in [5.74, 6) is 1.12. The second-order valence-electron chi connectivity index (χ2n) is 5.06. The van der Waals surface area contributed by atoms with Crippen molar-refractivity contribution >= 4 is 16.7 Å². The number of rotatable bonds is 4. The monoisotopic (exact) mass is 265 g/mol. The second kappa shape index (κ2) is 5.37. The fourth-order valence-electron chi connectivity index (χ4n) is 2.57. The molecule has 0 unspecified atom stereocenters. The third-order valence-electron chi connectivity index (χ3n) is 3.55. The SMILES string of the molecule is CCCc1nc2c(N)cccc2n1Cc1ccccc1. The van der Waals surface area contributed by atoms with Gasteiger partial charge in [-0.2, -0.15) is 0 Å². The molecule has 1 aromatic heterocycles. The lowest BCUT2D eigenvalue weighted by Gasteiger charge is -2.09. The van der Waals surface area contributed by atoms with Crippen molar-refractivity contribution in [2.24, 2.45) is 0 Å². The van der Waals surface area contributed by atoms with Crippen molar-refractivity contribution in [3.63, 3.8) is 0 Å². The Bertz CT molecular complexity index is 714. The van der Waals surface area contributed by atoms with Crippen LogP contribution in [0.2, 0.25) is 0 Å². The van der Waals surface area contributed by atoms with Crippen LogP contribution in [0.5, 0.6) is 0 Å². The summed E-state index contributed by atoms with van der Waals surface area (Å²) >= 11 is 0. The molecule has 3 heteroatoms. The lowest BCUT2D eigenvalue weighted by molar-refractivity contribution is 0.722. The Morgan fingerprint density at radius 2 is 1.85 bits per heavy atom. The average molecular weight is 265 g/mol. The normalized spacial score (nSPS) is 11.1. The van der Waals surface area contributed by atoms with E-state index in [0.717, 1.165) is 41.9 Å². The van der Waals surface area contributed by atoms with Gasteiger partial charge in [-0.25, -0.2) is 4.98 Å². The Balaban J connectivity index is 2.12. The van der Waals surface area contributed by atoms with Gasteiger partial charge in [0.1, 0.15) is 11.3 Å². The largest absolute Gasteiger partial charge is 0.397 e. The van der Waals surface area contributed by atoms with Crippen LogP contribution in [-0.4, -0.2) is 9.55 Å². The first-order chi connectivity index (χ1) is 9.79. The molecule has 3 nitrogen and oxygen atoms in total. The highest BCUT2D eigenvalue weighted by atomic mass is 15.1. The molecule has 2 N–H and O–H groups in total. The molecule has 0 aliphatic carbocycles. The summed E-state index contributed by atoms with van der Waals surface area (Å²) in [6, 6.07) is 16.5. The van der Waals surface area contributed by atoms with Crippen molar-refractivity contribution in [1.29, 1.82) is 0 Å². The number of fused-ring (bicyclic) bond motifs is 1. The fraction of sp³-hybridized carbons (Fsp3) is 0.235. The molecule has 0 aliphatic heterocycles. The zero-order valence-corrected chi connectivity index (χ0v) is 11.7. The molecular weight excluding hydrogens is 246 g/mol. The van der Waals surface area contributed by atoms with Gasteiger partial charge in [-0.15, -0.1) is 0 Å². The molecule has 0 saturated heterocycles. The van der Waals surface area contributed by atoms with Gasteiger partial charge in [-0.05, 0) is 24.1 Å². The quantitative estimate of drug-likeness (QED) is 0.732. The minimum atomic E-state index is 0.756. The highest BCUT2D eigenvalue weighted by molar-refractivity contribution is 5.87. The number of nitrogens with zero attached hydrogens (tertiary/aromatic N) is 2. The zero-order chi connectivity index (χ0) is 13.9. The molecule has 0 bridgehead atoms. The molecule has 0 atom stereocenters. The molecule has 102 valence electrons. The first-order valence-corrected chi connectivity index (χ1v) is 7.07. The van der Waals surface area contributed by atoms with Gasteiger partial charge in [-0.3, -0.25) is 0 Å². The molecular formula is C17H19N3. The van der Waals surface area contributed by atoms with Crippen LogP contribution in [0, 0.1) is 0 Å². The number of nitrogen functional groups attached to an aromatic ring is 1. The first-order valence-electron chi connectivity index (χ1n) is 7.07. The maximum Gasteiger partial charge on any atom is 0.112 e. The lowest BCUT2D eigenvalue weighted by Crippen LogP contribution is -2.05. The summed E-state index contributed by atoms with van der Waals surface area (Å²) in [6.45, 7) is 3.02. The molecule has 0 fully saturated rings. The fourth-order valence-corrected chi connectivity index (χ4v) is 2.57. The second-order valence-corrected chi connectivity index (χ2v) is 5.06. The summed E-state index contributed by atoms with van der Waals surface area (Å²) in [5.41, 5.74) is 10.1. The first kappa shape index (κ1) is 12.7. The molecule has 0 amide bonds. The molecule has 0 aliphatic rings. The van der Waals surface area contributed by atoms with E-state index in [1.54, 1.807) is 0 Å². The van der Waals surface area contributed by atoms with Crippen molar-refractivity contribution in [2.45, 2.75) is 26.3 Å². The number of aromatic nitrogens is 2. The van der Waals surface area contributed by atoms with E-state index in [-0.39, 0.29) is 0 Å². The number of nitrogens with two attached hydrogens (primary N) is 1. The van der Waals surface area contributed by atoms with Crippen LogP contribution < -0.4 is 5.73 Å². The Kier molecular flexibility index (Phi) is 3.42. The molecule has 3 aromatic rings. The van der Waals surface area contributed by atoms with E-state index in [0.29, 0.717) is 0 Å². The van der Waals surface area contributed by atoms with Crippen molar-refractivity contribution in [3.8, 4) is 0 Å². The van der Waals surface area contributed by atoms with Crippen molar-refractivity contribution < 1.29 is 0 Å². The molecule has 0 saturated carbocycles. The van der Waals surface area contributed by atoms with Gasteiger partial charge in [0.25, 0.3) is 0 Å². The molecule has 2 aromatic carbocycles. The minimum Gasteiger partial charge on any atom is -0.397 e. The molecule has 1 heterocycles. The number of anilines is 1. The van der Waals surface area contributed by atoms with E-state index in [1.807, 2.05) is 18.2 Å². The summed E-state index contributed by atoms with van der Waals surface area (Å²) < 4.78 is 2.28. The third-order valence-corrected chi connectivity index (χ3v) is 3.55. The lowest BCUT2D eigenvalue weighted by atomic mass is 10.2. The van der Waals surface area contributed by atoms with Gasteiger partial charge in [-0.1, -0.05) is 43.3 Å². The zero-order valence-electron chi connectivity index (χ0n) is 11.7. The van der Waals surface area contributed by atoms with Crippen molar-refractivity contribution in [1.82, 2.24) is 9.55 Å². The van der Waals surface area contributed by atoms with Gasteiger partial charge >= 0.3 is 0 Å². The molecule has 3 rings (SSSR count). The molecule has 20 heavy (non-hydrogen) atoms. The topological polar surface area (TPSA) is 43.8 Å². The van der Waals surface area contributed by atoms with Crippen LogP contribution in [0.15, 0.2) is 48.5 Å². The van der Waals surface area contributed by atoms with Gasteiger partial charge in [0.05, 0.1) is 11.2 Å². The summed E-state index contributed by atoms with van der Waals surface area (Å²) in [6.07, 6.45) is 2.05. The smallest absolute Gasteiger partial charge is 0.112 e. The predicted molar refractivity (Wildman–Crippen MR) is 83.7 cm³/mol. The Morgan fingerprint density at radius 1 is 1.05 bits per heavy atom. The highest BCUT2D eigenvalue weighted by Gasteiger charge is 2.12. The number of aryl methyl sites for hydroxylation is 1. The van der Waals surface area contributed by atoms with Gasteiger partial charge in [0.2, 0.25) is 0 Å². The maximum atomic E-state index is 6.05. The van der Waals surface area contributed by atoms with E-state index in [1.165, 1.54) is 5.56 Å². The number of hydrogen-bond acceptors (Lipinski definition) is 2. The maximum absolute atomic E-state index is 6.05. The number of hydrogen-bond donors (Lipinski definition) is 1. The van der Waals surface area contributed by atoms with Crippen LogP contribution in [0.4, 0.5) is 5.69 Å². The predicted octanol–water partition coefficient (Wildman–Crippen LogP) is 3.62. The van der Waals surface area contributed by atoms with Crippen molar-refractivity contribution in [3.05, 3.63) is 59.9 Å². The number of imidazole rings is 1. The van der Waals surface area contributed by atoms with Crippen LogP contribution in [0.1, 0.15) is 24.7 Å². The van der Waals surface area contributed by atoms with E-state index in [9.17, 15) is 0 Å². The van der Waals surface area contributed by atoms with Gasteiger partial charge in [0, 0.05) is 13.0 Å². The van der Waals surface area contributed by atoms with Crippen LogP contribution in [0.25, 0.3) is 11.0 Å². The third kappa shape index (κ3) is 2.27. The summed E-state index contributed by atoms with van der Waals surface area (Å²) in [7, 11) is 0.